The van der Waals surface area contributed by atoms with Crippen LogP contribution in [-0.4, -0.2) is 15.2 Å². The van der Waals surface area contributed by atoms with Crippen LogP contribution in [0.2, 0.25) is 5.15 Å². The number of hydrogen-bond acceptors (Lipinski definition) is 5. The second kappa shape index (κ2) is 6.37. The molecule has 0 amide bonds. The van der Waals surface area contributed by atoms with Crippen LogP contribution in [-0.2, 0) is 13.0 Å². The van der Waals surface area contributed by atoms with Gasteiger partial charge >= 0.3 is 0 Å². The summed E-state index contributed by atoms with van der Waals surface area (Å²) >= 11 is 5.90. The molecule has 0 atom stereocenters. The molecule has 0 spiro atoms. The summed E-state index contributed by atoms with van der Waals surface area (Å²) in [7, 11) is 0. The largest absolute Gasteiger partial charge is 0.481 e. The maximum atomic E-state index is 5.90. The van der Waals surface area contributed by atoms with Gasteiger partial charge in [-0.1, -0.05) is 41.9 Å². The van der Waals surface area contributed by atoms with E-state index in [-0.39, 0.29) is 6.61 Å². The van der Waals surface area contributed by atoms with Crippen molar-refractivity contribution >= 4 is 11.6 Å². The first-order chi connectivity index (χ1) is 10.3. The fourth-order valence-corrected chi connectivity index (χ4v) is 1.98. The highest BCUT2D eigenvalue weighted by molar-refractivity contribution is 6.30. The second-order valence-electron chi connectivity index (χ2n) is 4.33. The van der Waals surface area contributed by atoms with E-state index in [1.807, 2.05) is 30.3 Å². The number of nitrogens with zero attached hydrogens (tertiary/aromatic N) is 3. The van der Waals surface area contributed by atoms with E-state index in [4.69, 9.17) is 20.8 Å². The summed E-state index contributed by atoms with van der Waals surface area (Å²) < 4.78 is 11.0. The highest BCUT2D eigenvalue weighted by atomic mass is 35.5. The van der Waals surface area contributed by atoms with Crippen LogP contribution in [0, 0.1) is 0 Å². The van der Waals surface area contributed by atoms with Gasteiger partial charge in [-0.05, 0) is 17.7 Å². The third-order valence-corrected chi connectivity index (χ3v) is 3.07. The molecule has 106 valence electrons. The fraction of sp³-hybridized carbons (Fsp3) is 0.133. The maximum absolute atomic E-state index is 5.90. The molecule has 5 nitrogen and oxygen atoms in total. The molecule has 0 bridgehead atoms. The zero-order valence-electron chi connectivity index (χ0n) is 11.1. The molecule has 3 rings (SSSR count). The number of halogens is 1. The Hall–Kier alpha value is -2.40. The monoisotopic (exact) mass is 301 g/mol. The molecule has 21 heavy (non-hydrogen) atoms. The number of pyridine rings is 1. The summed E-state index contributed by atoms with van der Waals surface area (Å²) in [5.41, 5.74) is 1.11. The van der Waals surface area contributed by atoms with Gasteiger partial charge < -0.3 is 9.15 Å². The van der Waals surface area contributed by atoms with Crippen molar-refractivity contribution in [2.45, 2.75) is 13.0 Å². The van der Waals surface area contributed by atoms with E-state index in [0.717, 1.165) is 5.56 Å². The molecule has 0 N–H and O–H groups in total. The predicted octanol–water partition coefficient (Wildman–Crippen LogP) is 3.29. The Bertz CT molecular complexity index is 716. The first-order valence-corrected chi connectivity index (χ1v) is 6.77. The smallest absolute Gasteiger partial charge is 0.253 e. The summed E-state index contributed by atoms with van der Waals surface area (Å²) in [4.78, 5) is 3.93. The highest BCUT2D eigenvalue weighted by Crippen LogP contribution is 2.21. The highest BCUT2D eigenvalue weighted by Gasteiger charge is 2.09. The molecule has 0 radical (unpaired) electrons. The van der Waals surface area contributed by atoms with Gasteiger partial charge in [-0.3, -0.25) is 0 Å². The van der Waals surface area contributed by atoms with E-state index in [1.165, 1.54) is 0 Å². The predicted molar refractivity (Wildman–Crippen MR) is 77.1 cm³/mol. The van der Waals surface area contributed by atoms with Gasteiger partial charge in [0.25, 0.3) is 5.89 Å². The minimum absolute atomic E-state index is 0.160. The lowest BCUT2D eigenvalue weighted by Crippen LogP contribution is -1.96. The van der Waals surface area contributed by atoms with Crippen molar-refractivity contribution in [2.75, 3.05) is 0 Å². The van der Waals surface area contributed by atoms with Crippen molar-refractivity contribution in [3.8, 4) is 5.75 Å². The van der Waals surface area contributed by atoms with E-state index in [0.29, 0.717) is 29.1 Å². The Morgan fingerprint density at radius 2 is 1.81 bits per heavy atom. The molecule has 0 aliphatic rings. The standard InChI is InChI=1S/C15H12ClN3O2/c16-15-12(7-4-8-17-15)20-10-14-19-18-13(21-14)9-11-5-2-1-3-6-11/h1-8H,9-10H2. The first-order valence-electron chi connectivity index (χ1n) is 6.40. The van der Waals surface area contributed by atoms with Crippen LogP contribution >= 0.6 is 11.6 Å². The molecule has 2 heterocycles. The SMILES string of the molecule is Clc1ncccc1OCc1nnc(Cc2ccccc2)o1. The fourth-order valence-electron chi connectivity index (χ4n) is 1.81. The van der Waals surface area contributed by atoms with E-state index >= 15 is 0 Å². The van der Waals surface area contributed by atoms with Gasteiger partial charge in [-0.2, -0.15) is 0 Å². The Balaban J connectivity index is 1.62. The Kier molecular flexibility index (Phi) is 4.12. The Morgan fingerprint density at radius 3 is 2.62 bits per heavy atom. The van der Waals surface area contributed by atoms with Crippen molar-refractivity contribution in [3.05, 3.63) is 71.2 Å². The molecule has 1 aromatic carbocycles. The summed E-state index contributed by atoms with van der Waals surface area (Å²) in [5, 5.41) is 8.26. The zero-order valence-corrected chi connectivity index (χ0v) is 11.8. The van der Waals surface area contributed by atoms with Crippen molar-refractivity contribution < 1.29 is 9.15 Å². The van der Waals surface area contributed by atoms with Crippen LogP contribution < -0.4 is 4.74 Å². The number of ether oxygens (including phenoxy) is 1. The van der Waals surface area contributed by atoms with Gasteiger partial charge in [-0.25, -0.2) is 4.98 Å². The number of aromatic nitrogens is 3. The van der Waals surface area contributed by atoms with Crippen LogP contribution in [0.3, 0.4) is 0 Å². The first kappa shape index (κ1) is 13.6. The molecule has 6 heteroatoms. The Labute approximate surface area is 126 Å². The second-order valence-corrected chi connectivity index (χ2v) is 4.69. The third kappa shape index (κ3) is 3.58. The lowest BCUT2D eigenvalue weighted by Gasteiger charge is -2.03. The molecular weight excluding hydrogens is 290 g/mol. The number of hydrogen-bond donors (Lipinski definition) is 0. The molecule has 0 saturated heterocycles. The molecule has 0 aliphatic heterocycles. The Morgan fingerprint density at radius 1 is 1.00 bits per heavy atom. The molecular formula is C15H12ClN3O2. The van der Waals surface area contributed by atoms with Crippen LogP contribution in [0.25, 0.3) is 0 Å². The number of rotatable bonds is 5. The molecule has 0 aliphatic carbocycles. The lowest BCUT2D eigenvalue weighted by atomic mass is 10.2. The van der Waals surface area contributed by atoms with E-state index in [9.17, 15) is 0 Å². The normalized spacial score (nSPS) is 10.5. The maximum Gasteiger partial charge on any atom is 0.253 e. The van der Waals surface area contributed by atoms with E-state index in [1.54, 1.807) is 18.3 Å². The van der Waals surface area contributed by atoms with Gasteiger partial charge in [-0.15, -0.1) is 10.2 Å². The third-order valence-electron chi connectivity index (χ3n) is 2.78. The van der Waals surface area contributed by atoms with E-state index < -0.39 is 0 Å². The quantitative estimate of drug-likeness (QED) is 0.677. The average molecular weight is 302 g/mol. The summed E-state index contributed by atoms with van der Waals surface area (Å²) in [6.45, 7) is 0.160. The van der Waals surface area contributed by atoms with Crippen molar-refractivity contribution in [1.82, 2.24) is 15.2 Å². The summed E-state index contributed by atoms with van der Waals surface area (Å²) in [6, 6.07) is 13.4. The molecule has 0 fully saturated rings. The molecule has 0 unspecified atom stereocenters. The van der Waals surface area contributed by atoms with Crippen molar-refractivity contribution in [3.63, 3.8) is 0 Å². The number of benzene rings is 1. The summed E-state index contributed by atoms with van der Waals surface area (Å²) in [5.74, 6) is 1.44. The average Bonchev–Trinajstić information content (AvgIpc) is 2.95. The minimum Gasteiger partial charge on any atom is -0.481 e. The molecule has 3 aromatic rings. The topological polar surface area (TPSA) is 61.0 Å². The van der Waals surface area contributed by atoms with Gasteiger partial charge in [0, 0.05) is 6.20 Å². The van der Waals surface area contributed by atoms with E-state index in [2.05, 4.69) is 15.2 Å². The molecule has 2 aromatic heterocycles. The molecule has 0 saturated carbocycles. The van der Waals surface area contributed by atoms with Gasteiger partial charge in [0.2, 0.25) is 5.89 Å². The zero-order chi connectivity index (χ0) is 14.5. The van der Waals surface area contributed by atoms with Crippen molar-refractivity contribution in [2.24, 2.45) is 0 Å². The minimum atomic E-state index is 0.160. The lowest BCUT2D eigenvalue weighted by molar-refractivity contribution is 0.259. The van der Waals surface area contributed by atoms with Crippen LogP contribution in [0.4, 0.5) is 0 Å². The van der Waals surface area contributed by atoms with Gasteiger partial charge in [0.1, 0.15) is 0 Å². The van der Waals surface area contributed by atoms with Crippen LogP contribution in [0.15, 0.2) is 53.1 Å². The van der Waals surface area contributed by atoms with Gasteiger partial charge in [0.05, 0.1) is 6.42 Å². The summed E-state index contributed by atoms with van der Waals surface area (Å²) in [6.07, 6.45) is 2.20. The van der Waals surface area contributed by atoms with Gasteiger partial charge in [0.15, 0.2) is 17.5 Å². The van der Waals surface area contributed by atoms with Crippen LogP contribution in [0.1, 0.15) is 17.3 Å². The van der Waals surface area contributed by atoms with Crippen LogP contribution in [0.5, 0.6) is 5.75 Å². The van der Waals surface area contributed by atoms with Crippen molar-refractivity contribution in [1.29, 1.82) is 0 Å².